The van der Waals surface area contributed by atoms with E-state index < -0.39 is 0 Å². The van der Waals surface area contributed by atoms with Crippen molar-refractivity contribution >= 4 is 11.6 Å². The molecule has 0 bridgehead atoms. The SMILES string of the molecule is CCOCC(C)Oc1nccc(C#N)c1Cl. The number of pyridine rings is 1. The standard InChI is InChI=1S/C11H13ClN2O2/c1-3-15-7-8(2)16-11-10(12)9(6-13)4-5-14-11/h4-5,8H,3,7H2,1-2H3. The molecule has 1 rings (SSSR count). The average Bonchev–Trinajstić information content (AvgIpc) is 2.29. The van der Waals surface area contributed by atoms with Crippen LogP contribution in [0.15, 0.2) is 12.3 Å². The Hall–Kier alpha value is -1.31. The second-order valence-electron chi connectivity index (χ2n) is 3.18. The van der Waals surface area contributed by atoms with Crippen LogP contribution in [0.5, 0.6) is 5.88 Å². The van der Waals surface area contributed by atoms with Gasteiger partial charge in [0.2, 0.25) is 5.88 Å². The molecule has 0 aliphatic heterocycles. The Kier molecular flexibility index (Phi) is 5.03. The highest BCUT2D eigenvalue weighted by Gasteiger charge is 2.11. The molecule has 1 aromatic heterocycles. The van der Waals surface area contributed by atoms with Crippen molar-refractivity contribution < 1.29 is 9.47 Å². The summed E-state index contributed by atoms with van der Waals surface area (Å²) in [5.74, 6) is 0.271. The highest BCUT2D eigenvalue weighted by molar-refractivity contribution is 6.32. The summed E-state index contributed by atoms with van der Waals surface area (Å²) in [6.07, 6.45) is 1.34. The second kappa shape index (κ2) is 6.31. The molecule has 86 valence electrons. The van der Waals surface area contributed by atoms with Crippen molar-refractivity contribution in [3.8, 4) is 11.9 Å². The van der Waals surface area contributed by atoms with E-state index in [9.17, 15) is 0 Å². The minimum Gasteiger partial charge on any atom is -0.471 e. The van der Waals surface area contributed by atoms with E-state index in [1.807, 2.05) is 19.9 Å². The monoisotopic (exact) mass is 240 g/mol. The molecule has 0 saturated carbocycles. The molecular formula is C11H13ClN2O2. The Bertz CT molecular complexity index is 390. The van der Waals surface area contributed by atoms with Gasteiger partial charge >= 0.3 is 0 Å². The summed E-state index contributed by atoms with van der Waals surface area (Å²) in [5.41, 5.74) is 0.357. The smallest absolute Gasteiger partial charge is 0.234 e. The van der Waals surface area contributed by atoms with Crippen LogP contribution in [0, 0.1) is 11.3 Å². The molecule has 0 saturated heterocycles. The Morgan fingerprint density at radius 2 is 2.38 bits per heavy atom. The van der Waals surface area contributed by atoms with Crippen molar-refractivity contribution in [3.63, 3.8) is 0 Å². The number of hydrogen-bond donors (Lipinski definition) is 0. The minimum atomic E-state index is -0.154. The van der Waals surface area contributed by atoms with Gasteiger partial charge in [0.05, 0.1) is 12.2 Å². The summed E-state index contributed by atoms with van der Waals surface area (Å²) < 4.78 is 10.7. The summed E-state index contributed by atoms with van der Waals surface area (Å²) >= 11 is 5.94. The highest BCUT2D eigenvalue weighted by Crippen LogP contribution is 2.25. The van der Waals surface area contributed by atoms with Crippen LogP contribution in [-0.4, -0.2) is 24.3 Å². The maximum atomic E-state index is 8.78. The predicted octanol–water partition coefficient (Wildman–Crippen LogP) is 2.41. The van der Waals surface area contributed by atoms with Crippen molar-refractivity contribution in [2.75, 3.05) is 13.2 Å². The Morgan fingerprint density at radius 3 is 3.00 bits per heavy atom. The van der Waals surface area contributed by atoms with E-state index in [1.54, 1.807) is 6.07 Å². The van der Waals surface area contributed by atoms with Crippen molar-refractivity contribution in [2.24, 2.45) is 0 Å². The van der Waals surface area contributed by atoms with Crippen LogP contribution < -0.4 is 4.74 Å². The molecule has 0 radical (unpaired) electrons. The number of rotatable bonds is 5. The lowest BCUT2D eigenvalue weighted by Crippen LogP contribution is -2.19. The highest BCUT2D eigenvalue weighted by atomic mass is 35.5. The fourth-order valence-electron chi connectivity index (χ4n) is 1.10. The predicted molar refractivity (Wildman–Crippen MR) is 60.5 cm³/mol. The molecule has 16 heavy (non-hydrogen) atoms. The molecule has 1 unspecified atom stereocenters. The molecule has 0 aliphatic rings. The molecule has 0 aliphatic carbocycles. The zero-order valence-corrected chi connectivity index (χ0v) is 9.99. The topological polar surface area (TPSA) is 55.1 Å². The first kappa shape index (κ1) is 12.8. The molecule has 0 N–H and O–H groups in total. The molecule has 0 amide bonds. The third-order valence-electron chi connectivity index (χ3n) is 1.85. The van der Waals surface area contributed by atoms with Crippen molar-refractivity contribution in [2.45, 2.75) is 20.0 Å². The summed E-state index contributed by atoms with van der Waals surface area (Å²) in [6, 6.07) is 3.51. The Balaban J connectivity index is 2.70. The van der Waals surface area contributed by atoms with Gasteiger partial charge in [0.15, 0.2) is 0 Å². The maximum Gasteiger partial charge on any atom is 0.234 e. The number of ether oxygens (including phenoxy) is 2. The van der Waals surface area contributed by atoms with E-state index in [1.165, 1.54) is 6.20 Å². The number of nitrogens with zero attached hydrogens (tertiary/aromatic N) is 2. The zero-order valence-electron chi connectivity index (χ0n) is 9.24. The number of halogens is 1. The van der Waals surface area contributed by atoms with Crippen molar-refractivity contribution in [1.29, 1.82) is 5.26 Å². The molecule has 4 nitrogen and oxygen atoms in total. The van der Waals surface area contributed by atoms with Gasteiger partial charge in [0.25, 0.3) is 0 Å². The van der Waals surface area contributed by atoms with Crippen LogP contribution >= 0.6 is 11.6 Å². The molecule has 1 aromatic rings. The normalized spacial score (nSPS) is 11.9. The third-order valence-corrected chi connectivity index (χ3v) is 2.21. The van der Waals surface area contributed by atoms with Crippen LogP contribution in [0.25, 0.3) is 0 Å². The van der Waals surface area contributed by atoms with Gasteiger partial charge in [-0.05, 0) is 19.9 Å². The lowest BCUT2D eigenvalue weighted by Gasteiger charge is -2.14. The summed E-state index contributed by atoms with van der Waals surface area (Å²) in [5, 5.41) is 9.02. The molecule has 0 fully saturated rings. The minimum absolute atomic E-state index is 0.154. The summed E-state index contributed by atoms with van der Waals surface area (Å²) in [7, 11) is 0. The van der Waals surface area contributed by atoms with E-state index in [2.05, 4.69) is 4.98 Å². The Labute approximate surface area is 99.8 Å². The van der Waals surface area contributed by atoms with Gasteiger partial charge in [-0.2, -0.15) is 5.26 Å². The lowest BCUT2D eigenvalue weighted by atomic mass is 10.3. The fourth-order valence-corrected chi connectivity index (χ4v) is 1.30. The fraction of sp³-hybridized carbons (Fsp3) is 0.455. The van der Waals surface area contributed by atoms with Crippen LogP contribution in [0.1, 0.15) is 19.4 Å². The van der Waals surface area contributed by atoms with Crippen molar-refractivity contribution in [1.82, 2.24) is 4.98 Å². The largest absolute Gasteiger partial charge is 0.471 e. The number of nitriles is 1. The molecule has 0 spiro atoms. The van der Waals surface area contributed by atoms with Gasteiger partial charge < -0.3 is 9.47 Å². The van der Waals surface area contributed by atoms with Crippen LogP contribution in [-0.2, 0) is 4.74 Å². The number of aromatic nitrogens is 1. The van der Waals surface area contributed by atoms with Gasteiger partial charge in [-0.1, -0.05) is 11.6 Å². The lowest BCUT2D eigenvalue weighted by molar-refractivity contribution is 0.0634. The first-order valence-corrected chi connectivity index (χ1v) is 5.35. The molecule has 5 heteroatoms. The van der Waals surface area contributed by atoms with Gasteiger partial charge in [-0.25, -0.2) is 4.98 Å². The second-order valence-corrected chi connectivity index (χ2v) is 3.56. The quantitative estimate of drug-likeness (QED) is 0.793. The first-order chi connectivity index (χ1) is 7.69. The van der Waals surface area contributed by atoms with Gasteiger partial charge in [-0.3, -0.25) is 0 Å². The maximum absolute atomic E-state index is 8.78. The van der Waals surface area contributed by atoms with Gasteiger partial charge in [0.1, 0.15) is 17.2 Å². The number of hydrogen-bond acceptors (Lipinski definition) is 4. The van der Waals surface area contributed by atoms with Crippen LogP contribution in [0.3, 0.4) is 0 Å². The van der Waals surface area contributed by atoms with E-state index in [0.717, 1.165) is 0 Å². The summed E-state index contributed by atoms with van der Waals surface area (Å²) in [6.45, 7) is 4.86. The van der Waals surface area contributed by atoms with Crippen LogP contribution in [0.4, 0.5) is 0 Å². The zero-order chi connectivity index (χ0) is 12.0. The summed E-state index contributed by atoms with van der Waals surface area (Å²) in [4.78, 5) is 3.97. The average molecular weight is 241 g/mol. The third kappa shape index (κ3) is 3.37. The Morgan fingerprint density at radius 1 is 1.62 bits per heavy atom. The van der Waals surface area contributed by atoms with Gasteiger partial charge in [0, 0.05) is 12.8 Å². The first-order valence-electron chi connectivity index (χ1n) is 4.98. The van der Waals surface area contributed by atoms with E-state index in [-0.39, 0.29) is 17.0 Å². The van der Waals surface area contributed by atoms with Crippen molar-refractivity contribution in [3.05, 3.63) is 22.8 Å². The van der Waals surface area contributed by atoms with E-state index in [0.29, 0.717) is 18.8 Å². The van der Waals surface area contributed by atoms with Crippen LogP contribution in [0.2, 0.25) is 5.02 Å². The van der Waals surface area contributed by atoms with Gasteiger partial charge in [-0.15, -0.1) is 0 Å². The molecule has 1 heterocycles. The molecule has 1 atom stereocenters. The molecule has 0 aromatic carbocycles. The van der Waals surface area contributed by atoms with E-state index >= 15 is 0 Å². The van der Waals surface area contributed by atoms with E-state index in [4.69, 9.17) is 26.3 Å². The molecular weight excluding hydrogens is 228 g/mol.